The Bertz CT molecular complexity index is 715. The summed E-state index contributed by atoms with van der Waals surface area (Å²) in [6.07, 6.45) is 1.06. The van der Waals surface area contributed by atoms with Gasteiger partial charge in [0.25, 0.3) is 0 Å². The number of nitrogens with one attached hydrogen (secondary N) is 2. The number of carbonyl (C=O) groups excluding carboxylic acids is 1. The Morgan fingerprint density at radius 2 is 1.96 bits per heavy atom. The van der Waals surface area contributed by atoms with E-state index in [4.69, 9.17) is 4.74 Å². The zero-order chi connectivity index (χ0) is 17.6. The predicted octanol–water partition coefficient (Wildman–Crippen LogP) is 3.65. The first-order chi connectivity index (χ1) is 12.2. The van der Waals surface area contributed by atoms with Gasteiger partial charge in [-0.15, -0.1) is 0 Å². The lowest BCUT2D eigenvalue weighted by Gasteiger charge is -2.21. The summed E-state index contributed by atoms with van der Waals surface area (Å²) < 4.78 is 5.44. The van der Waals surface area contributed by atoms with Crippen LogP contribution in [0.2, 0.25) is 0 Å². The summed E-state index contributed by atoms with van der Waals surface area (Å²) in [6, 6.07) is 15.7. The molecule has 0 spiro atoms. The minimum atomic E-state index is -0.153. The minimum Gasteiger partial charge on any atom is -0.495 e. The lowest BCUT2D eigenvalue weighted by atomic mass is 10.1. The summed E-state index contributed by atoms with van der Waals surface area (Å²) in [5.41, 5.74) is 3.11. The number of para-hydroxylation sites is 2. The molecule has 0 unspecified atom stereocenters. The third-order valence-electron chi connectivity index (χ3n) is 4.57. The van der Waals surface area contributed by atoms with Crippen molar-refractivity contribution < 1.29 is 9.53 Å². The van der Waals surface area contributed by atoms with Crippen LogP contribution in [0.3, 0.4) is 0 Å². The molecule has 0 aromatic heterocycles. The summed E-state index contributed by atoms with van der Waals surface area (Å²) in [4.78, 5) is 14.4. The van der Waals surface area contributed by atoms with Gasteiger partial charge in [-0.2, -0.15) is 0 Å². The van der Waals surface area contributed by atoms with Crippen LogP contribution in [0.4, 0.5) is 16.2 Å². The van der Waals surface area contributed by atoms with Gasteiger partial charge in [-0.25, -0.2) is 4.79 Å². The van der Waals surface area contributed by atoms with Gasteiger partial charge in [0, 0.05) is 25.3 Å². The molecule has 5 heteroatoms. The van der Waals surface area contributed by atoms with Crippen LogP contribution in [0.1, 0.15) is 12.0 Å². The van der Waals surface area contributed by atoms with Crippen LogP contribution in [-0.4, -0.2) is 32.8 Å². The first-order valence-electron chi connectivity index (χ1n) is 8.65. The first kappa shape index (κ1) is 17.1. The molecule has 1 saturated heterocycles. The van der Waals surface area contributed by atoms with E-state index in [1.54, 1.807) is 7.11 Å². The number of ether oxygens (including phenoxy) is 1. The lowest BCUT2D eigenvalue weighted by molar-refractivity contribution is 0.250. The number of rotatable bonds is 5. The number of benzene rings is 2. The highest BCUT2D eigenvalue weighted by molar-refractivity contribution is 5.89. The maximum absolute atomic E-state index is 12.1. The fourth-order valence-corrected chi connectivity index (χ4v) is 3.16. The molecule has 2 aromatic rings. The zero-order valence-corrected chi connectivity index (χ0v) is 14.8. The van der Waals surface area contributed by atoms with E-state index < -0.39 is 0 Å². The predicted molar refractivity (Wildman–Crippen MR) is 102 cm³/mol. The lowest BCUT2D eigenvalue weighted by Crippen LogP contribution is -2.34. The molecule has 1 fully saturated rings. The molecule has 2 amide bonds. The third kappa shape index (κ3) is 4.44. The number of aryl methyl sites for hydroxylation is 1. The van der Waals surface area contributed by atoms with Crippen molar-refractivity contribution in [2.24, 2.45) is 5.92 Å². The molecule has 5 nitrogen and oxygen atoms in total. The van der Waals surface area contributed by atoms with Crippen LogP contribution in [-0.2, 0) is 0 Å². The molecule has 1 aliphatic rings. The number of hydrogen-bond acceptors (Lipinski definition) is 3. The summed E-state index contributed by atoms with van der Waals surface area (Å²) in [6.45, 7) is 4.60. The number of urea groups is 1. The van der Waals surface area contributed by atoms with E-state index in [1.165, 1.54) is 5.56 Å². The number of carbonyl (C=O) groups is 1. The molecule has 0 saturated carbocycles. The van der Waals surface area contributed by atoms with E-state index in [1.807, 2.05) is 49.4 Å². The Hall–Kier alpha value is -2.69. The van der Waals surface area contributed by atoms with Gasteiger partial charge in [0.15, 0.2) is 0 Å². The van der Waals surface area contributed by atoms with Gasteiger partial charge in [-0.3, -0.25) is 0 Å². The van der Waals surface area contributed by atoms with Crippen LogP contribution in [0, 0.1) is 12.8 Å². The molecule has 3 rings (SSSR count). The number of nitrogens with zero attached hydrogens (tertiary/aromatic N) is 1. The zero-order valence-electron chi connectivity index (χ0n) is 14.8. The van der Waals surface area contributed by atoms with Gasteiger partial charge in [0.1, 0.15) is 5.75 Å². The second kappa shape index (κ2) is 7.92. The molecule has 0 bridgehead atoms. The maximum Gasteiger partial charge on any atom is 0.319 e. The molecule has 2 aromatic carbocycles. The molecule has 2 N–H and O–H groups in total. The molecule has 1 atom stereocenters. The van der Waals surface area contributed by atoms with Crippen molar-refractivity contribution in [3.05, 3.63) is 54.1 Å². The number of hydrogen-bond donors (Lipinski definition) is 2. The molecule has 1 aliphatic heterocycles. The Kier molecular flexibility index (Phi) is 5.43. The van der Waals surface area contributed by atoms with Gasteiger partial charge < -0.3 is 20.3 Å². The van der Waals surface area contributed by atoms with Gasteiger partial charge >= 0.3 is 6.03 Å². The van der Waals surface area contributed by atoms with E-state index in [-0.39, 0.29) is 6.03 Å². The smallest absolute Gasteiger partial charge is 0.319 e. The Morgan fingerprint density at radius 3 is 2.72 bits per heavy atom. The van der Waals surface area contributed by atoms with E-state index in [9.17, 15) is 4.79 Å². The van der Waals surface area contributed by atoms with E-state index in [0.717, 1.165) is 36.6 Å². The molecule has 25 heavy (non-hydrogen) atoms. The minimum absolute atomic E-state index is 0.153. The quantitative estimate of drug-likeness (QED) is 0.874. The molecular weight excluding hydrogens is 314 g/mol. The first-order valence-corrected chi connectivity index (χ1v) is 8.65. The summed E-state index contributed by atoms with van der Waals surface area (Å²) in [7, 11) is 1.70. The van der Waals surface area contributed by atoms with Crippen molar-refractivity contribution in [2.75, 3.05) is 37.0 Å². The summed E-state index contributed by atoms with van der Waals surface area (Å²) >= 11 is 0. The van der Waals surface area contributed by atoms with Crippen molar-refractivity contribution in [2.45, 2.75) is 13.3 Å². The molecule has 1 heterocycles. The van der Waals surface area contributed by atoms with E-state index in [0.29, 0.717) is 12.5 Å². The van der Waals surface area contributed by atoms with Crippen LogP contribution >= 0.6 is 0 Å². The van der Waals surface area contributed by atoms with Gasteiger partial charge in [-0.1, -0.05) is 29.8 Å². The van der Waals surface area contributed by atoms with Crippen molar-refractivity contribution in [1.29, 1.82) is 0 Å². The van der Waals surface area contributed by atoms with Gasteiger partial charge in [0.05, 0.1) is 12.8 Å². The average Bonchev–Trinajstić information content (AvgIpc) is 3.11. The normalized spacial score (nSPS) is 16.6. The second-order valence-corrected chi connectivity index (χ2v) is 6.47. The Balaban J connectivity index is 1.48. The van der Waals surface area contributed by atoms with E-state index >= 15 is 0 Å². The molecular formula is C20H25N3O2. The molecule has 0 radical (unpaired) electrons. The van der Waals surface area contributed by atoms with Crippen LogP contribution in [0.25, 0.3) is 0 Å². The maximum atomic E-state index is 12.1. The number of anilines is 2. The van der Waals surface area contributed by atoms with Crippen LogP contribution < -0.4 is 20.3 Å². The third-order valence-corrected chi connectivity index (χ3v) is 4.57. The van der Waals surface area contributed by atoms with Crippen molar-refractivity contribution in [3.8, 4) is 5.75 Å². The summed E-state index contributed by atoms with van der Waals surface area (Å²) in [5, 5.41) is 5.85. The second-order valence-electron chi connectivity index (χ2n) is 6.47. The largest absolute Gasteiger partial charge is 0.495 e. The summed E-state index contributed by atoms with van der Waals surface area (Å²) in [5.74, 6) is 1.34. The fourth-order valence-electron chi connectivity index (χ4n) is 3.16. The topological polar surface area (TPSA) is 53.6 Å². The number of amides is 2. The van der Waals surface area contributed by atoms with Crippen molar-refractivity contribution in [3.63, 3.8) is 0 Å². The van der Waals surface area contributed by atoms with Crippen LogP contribution in [0.15, 0.2) is 48.5 Å². The van der Waals surface area contributed by atoms with Gasteiger partial charge in [0.2, 0.25) is 0 Å². The van der Waals surface area contributed by atoms with Crippen molar-refractivity contribution >= 4 is 17.4 Å². The van der Waals surface area contributed by atoms with Crippen LogP contribution in [0.5, 0.6) is 5.75 Å². The highest BCUT2D eigenvalue weighted by Gasteiger charge is 2.24. The number of methoxy groups -OCH3 is 1. The Labute approximate surface area is 149 Å². The standard InChI is InChI=1S/C20H25N3O2/c1-15-7-9-17(10-8-15)22-20(24)21-13-16-11-12-23(14-16)18-5-3-4-6-19(18)25-2/h3-10,16H,11-14H2,1-2H3,(H2,21,22,24)/t16-/m0/s1. The highest BCUT2D eigenvalue weighted by Crippen LogP contribution is 2.31. The highest BCUT2D eigenvalue weighted by atomic mass is 16.5. The monoisotopic (exact) mass is 339 g/mol. The SMILES string of the molecule is COc1ccccc1N1CC[C@@H](CNC(=O)Nc2ccc(C)cc2)C1. The molecule has 132 valence electrons. The van der Waals surface area contributed by atoms with Gasteiger partial charge in [-0.05, 0) is 43.5 Å². The fraction of sp³-hybridized carbons (Fsp3) is 0.350. The average molecular weight is 339 g/mol. The van der Waals surface area contributed by atoms with E-state index in [2.05, 4.69) is 21.6 Å². The Morgan fingerprint density at radius 1 is 1.20 bits per heavy atom. The van der Waals surface area contributed by atoms with Crippen molar-refractivity contribution in [1.82, 2.24) is 5.32 Å². The molecule has 0 aliphatic carbocycles.